The first-order valence-corrected chi connectivity index (χ1v) is 7.32. The number of nitrogens with one attached hydrogen (secondary N) is 1. The van der Waals surface area contributed by atoms with E-state index < -0.39 is 10.0 Å². The van der Waals surface area contributed by atoms with Crippen LogP contribution in [0.5, 0.6) is 0 Å². The van der Waals surface area contributed by atoms with E-state index in [4.69, 9.17) is 5.73 Å². The predicted octanol–water partition coefficient (Wildman–Crippen LogP) is 0.976. The van der Waals surface area contributed by atoms with Gasteiger partial charge in [0.15, 0.2) is 0 Å². The molecule has 1 rings (SSSR count). The van der Waals surface area contributed by atoms with Crippen molar-refractivity contribution in [2.45, 2.75) is 56.7 Å². The highest BCUT2D eigenvalue weighted by molar-refractivity contribution is 7.90. The van der Waals surface area contributed by atoms with E-state index in [9.17, 15) is 8.42 Å². The number of hydrogen-bond acceptors (Lipinski definition) is 3. The third-order valence-corrected chi connectivity index (χ3v) is 5.04. The first-order valence-electron chi connectivity index (χ1n) is 5.77. The molecule has 90 valence electrons. The number of nitrogens with two attached hydrogens (primary N) is 1. The number of sulfonamides is 1. The molecular formula is C10H22N2O2S. The average molecular weight is 234 g/mol. The standard InChI is InChI=1S/C10H22N2O2S/c1-9(7-8-11)12-15(13,14)10-5-3-2-4-6-10/h9-10,12H,2-8,11H2,1H3. The van der Waals surface area contributed by atoms with Crippen molar-refractivity contribution >= 4 is 10.0 Å². The van der Waals surface area contributed by atoms with Crippen molar-refractivity contribution in [3.8, 4) is 0 Å². The summed E-state index contributed by atoms with van der Waals surface area (Å²) in [5.74, 6) is 0. The van der Waals surface area contributed by atoms with Gasteiger partial charge in [0.1, 0.15) is 0 Å². The van der Waals surface area contributed by atoms with E-state index in [1.165, 1.54) is 6.42 Å². The molecule has 0 aromatic heterocycles. The molecule has 0 bridgehead atoms. The van der Waals surface area contributed by atoms with Crippen LogP contribution in [0, 0.1) is 0 Å². The van der Waals surface area contributed by atoms with Gasteiger partial charge >= 0.3 is 0 Å². The van der Waals surface area contributed by atoms with Gasteiger partial charge < -0.3 is 5.73 Å². The largest absolute Gasteiger partial charge is 0.330 e. The molecule has 1 fully saturated rings. The topological polar surface area (TPSA) is 72.2 Å². The zero-order valence-electron chi connectivity index (χ0n) is 9.41. The molecular weight excluding hydrogens is 212 g/mol. The molecule has 1 unspecified atom stereocenters. The molecule has 0 heterocycles. The third kappa shape index (κ3) is 4.09. The van der Waals surface area contributed by atoms with Gasteiger partial charge in [0.25, 0.3) is 0 Å². The molecule has 4 nitrogen and oxygen atoms in total. The fourth-order valence-electron chi connectivity index (χ4n) is 2.06. The Morgan fingerprint density at radius 2 is 1.93 bits per heavy atom. The Kier molecular flexibility index (Phi) is 5.02. The molecule has 3 N–H and O–H groups in total. The van der Waals surface area contributed by atoms with Crippen LogP contribution in [0.3, 0.4) is 0 Å². The monoisotopic (exact) mass is 234 g/mol. The quantitative estimate of drug-likeness (QED) is 0.744. The number of rotatable bonds is 5. The van der Waals surface area contributed by atoms with Crippen molar-refractivity contribution in [1.29, 1.82) is 0 Å². The van der Waals surface area contributed by atoms with Gasteiger partial charge in [0.2, 0.25) is 10.0 Å². The van der Waals surface area contributed by atoms with Gasteiger partial charge in [-0.15, -0.1) is 0 Å². The molecule has 0 saturated heterocycles. The minimum Gasteiger partial charge on any atom is -0.330 e. The zero-order valence-corrected chi connectivity index (χ0v) is 10.2. The van der Waals surface area contributed by atoms with Crippen LogP contribution < -0.4 is 10.5 Å². The SMILES string of the molecule is CC(CCN)NS(=O)(=O)C1CCCCC1. The Morgan fingerprint density at radius 3 is 2.47 bits per heavy atom. The average Bonchev–Trinajstić information content (AvgIpc) is 2.18. The second-order valence-corrected chi connectivity index (χ2v) is 6.39. The summed E-state index contributed by atoms with van der Waals surface area (Å²) in [5, 5.41) is -0.175. The van der Waals surface area contributed by atoms with Crippen molar-refractivity contribution in [3.05, 3.63) is 0 Å². The lowest BCUT2D eigenvalue weighted by molar-refractivity contribution is 0.469. The van der Waals surface area contributed by atoms with E-state index in [1.54, 1.807) is 0 Å². The van der Waals surface area contributed by atoms with Crippen LogP contribution in [0.15, 0.2) is 0 Å². The Hall–Kier alpha value is -0.130. The molecule has 0 aliphatic heterocycles. The Balaban J connectivity index is 2.49. The van der Waals surface area contributed by atoms with Gasteiger partial charge in [-0.05, 0) is 32.7 Å². The van der Waals surface area contributed by atoms with Crippen LogP contribution in [-0.4, -0.2) is 26.3 Å². The third-order valence-electron chi connectivity index (χ3n) is 2.96. The maximum Gasteiger partial charge on any atom is 0.214 e. The summed E-state index contributed by atoms with van der Waals surface area (Å²) in [7, 11) is -3.11. The number of hydrogen-bond donors (Lipinski definition) is 2. The first kappa shape index (κ1) is 12.9. The molecule has 5 heteroatoms. The molecule has 0 radical (unpaired) electrons. The van der Waals surface area contributed by atoms with Crippen LogP contribution in [0.25, 0.3) is 0 Å². The van der Waals surface area contributed by atoms with Gasteiger partial charge in [0.05, 0.1) is 5.25 Å². The first-order chi connectivity index (χ1) is 7.06. The Morgan fingerprint density at radius 1 is 1.33 bits per heavy atom. The minimum atomic E-state index is -3.11. The van der Waals surface area contributed by atoms with Crippen molar-refractivity contribution in [2.24, 2.45) is 5.73 Å². The summed E-state index contributed by atoms with van der Waals surface area (Å²) in [6.07, 6.45) is 5.57. The predicted molar refractivity (Wildman–Crippen MR) is 62.1 cm³/mol. The van der Waals surface area contributed by atoms with Crippen molar-refractivity contribution in [2.75, 3.05) is 6.54 Å². The maximum absolute atomic E-state index is 11.9. The van der Waals surface area contributed by atoms with Crippen molar-refractivity contribution in [1.82, 2.24) is 4.72 Å². The molecule has 1 aliphatic rings. The molecule has 0 spiro atoms. The van der Waals surface area contributed by atoms with Crippen LogP contribution in [0.2, 0.25) is 0 Å². The highest BCUT2D eigenvalue weighted by atomic mass is 32.2. The fourth-order valence-corrected chi connectivity index (χ4v) is 3.89. The minimum absolute atomic E-state index is 0.0399. The summed E-state index contributed by atoms with van der Waals surface area (Å²) >= 11 is 0. The molecule has 1 aliphatic carbocycles. The Bertz CT molecular complexity index is 271. The van der Waals surface area contributed by atoms with E-state index in [2.05, 4.69) is 4.72 Å². The Labute approximate surface area is 92.7 Å². The summed E-state index contributed by atoms with van der Waals surface area (Å²) in [4.78, 5) is 0. The van der Waals surface area contributed by atoms with E-state index >= 15 is 0 Å². The highest BCUT2D eigenvalue weighted by Gasteiger charge is 2.27. The summed E-state index contributed by atoms with van der Waals surface area (Å²) < 4.78 is 26.6. The second kappa shape index (κ2) is 5.82. The zero-order chi connectivity index (χ0) is 11.3. The smallest absolute Gasteiger partial charge is 0.214 e. The molecule has 15 heavy (non-hydrogen) atoms. The van der Waals surface area contributed by atoms with Gasteiger partial charge in [-0.2, -0.15) is 0 Å². The van der Waals surface area contributed by atoms with Crippen LogP contribution in [0.1, 0.15) is 45.4 Å². The lowest BCUT2D eigenvalue weighted by Crippen LogP contribution is -2.41. The van der Waals surface area contributed by atoms with Gasteiger partial charge in [-0.1, -0.05) is 19.3 Å². The van der Waals surface area contributed by atoms with E-state index in [0.29, 0.717) is 13.0 Å². The highest BCUT2D eigenvalue weighted by Crippen LogP contribution is 2.23. The molecule has 0 aromatic rings. The van der Waals surface area contributed by atoms with Crippen molar-refractivity contribution < 1.29 is 8.42 Å². The van der Waals surface area contributed by atoms with E-state index in [1.807, 2.05) is 6.92 Å². The molecule has 1 atom stereocenters. The second-order valence-electron chi connectivity index (χ2n) is 4.40. The van der Waals surface area contributed by atoms with E-state index in [0.717, 1.165) is 25.7 Å². The molecule has 0 amide bonds. The van der Waals surface area contributed by atoms with Gasteiger partial charge in [-0.3, -0.25) is 0 Å². The van der Waals surface area contributed by atoms with Crippen LogP contribution >= 0.6 is 0 Å². The molecule has 0 aromatic carbocycles. The lowest BCUT2D eigenvalue weighted by atomic mass is 10.0. The van der Waals surface area contributed by atoms with Gasteiger partial charge in [-0.25, -0.2) is 13.1 Å². The molecule has 1 saturated carbocycles. The summed E-state index contributed by atoms with van der Waals surface area (Å²) in [5.41, 5.74) is 5.39. The van der Waals surface area contributed by atoms with Crippen LogP contribution in [0.4, 0.5) is 0 Å². The van der Waals surface area contributed by atoms with Crippen LogP contribution in [-0.2, 0) is 10.0 Å². The lowest BCUT2D eigenvalue weighted by Gasteiger charge is -2.24. The fraction of sp³-hybridized carbons (Fsp3) is 1.00. The van der Waals surface area contributed by atoms with Crippen molar-refractivity contribution in [3.63, 3.8) is 0 Å². The maximum atomic E-state index is 11.9. The summed E-state index contributed by atoms with van der Waals surface area (Å²) in [6.45, 7) is 2.39. The normalized spacial score (nSPS) is 21.5. The van der Waals surface area contributed by atoms with E-state index in [-0.39, 0.29) is 11.3 Å². The summed E-state index contributed by atoms with van der Waals surface area (Å²) in [6, 6.07) is -0.0399. The van der Waals surface area contributed by atoms with Gasteiger partial charge in [0, 0.05) is 6.04 Å².